The van der Waals surface area contributed by atoms with Crippen LogP contribution in [0.4, 0.5) is 0 Å². The van der Waals surface area contributed by atoms with Crippen molar-refractivity contribution in [3.05, 3.63) is 53.9 Å². The van der Waals surface area contributed by atoms with Gasteiger partial charge in [0.25, 0.3) is 0 Å². The number of H-pyrrole nitrogens is 1. The molecule has 1 aliphatic rings. The summed E-state index contributed by atoms with van der Waals surface area (Å²) in [5, 5.41) is 0. The summed E-state index contributed by atoms with van der Waals surface area (Å²) in [6, 6.07) is 13.7. The number of aromatic amines is 1. The Hall–Kier alpha value is -2.60. The molecule has 2 aromatic carbocycles. The topological polar surface area (TPSA) is 71.5 Å². The minimum Gasteiger partial charge on any atom is -0.342 e. The molecule has 0 radical (unpaired) electrons. The molecule has 2 heterocycles. The van der Waals surface area contributed by atoms with Gasteiger partial charge < -0.3 is 4.98 Å². The SMILES string of the molecule is CC(=O)c1ccc2nsnc2c1.CC1CCCC(c2nc3ccccc3[nH]2)C1. The van der Waals surface area contributed by atoms with Gasteiger partial charge in [-0.25, -0.2) is 4.98 Å². The summed E-state index contributed by atoms with van der Waals surface area (Å²) in [7, 11) is 0. The van der Waals surface area contributed by atoms with E-state index in [9.17, 15) is 4.79 Å². The molecule has 0 saturated heterocycles. The van der Waals surface area contributed by atoms with E-state index >= 15 is 0 Å². The molecule has 28 heavy (non-hydrogen) atoms. The summed E-state index contributed by atoms with van der Waals surface area (Å²) in [5.41, 5.74) is 4.62. The Bertz CT molecular complexity index is 1070. The van der Waals surface area contributed by atoms with E-state index in [4.69, 9.17) is 4.98 Å². The van der Waals surface area contributed by atoms with Gasteiger partial charge in [0.1, 0.15) is 16.9 Å². The number of fused-ring (bicyclic) bond motifs is 2. The van der Waals surface area contributed by atoms with Crippen LogP contribution in [0.5, 0.6) is 0 Å². The van der Waals surface area contributed by atoms with Gasteiger partial charge in [-0.1, -0.05) is 31.9 Å². The van der Waals surface area contributed by atoms with Crippen molar-refractivity contribution in [3.8, 4) is 0 Å². The fourth-order valence-corrected chi connectivity index (χ4v) is 4.37. The number of para-hydroxylation sites is 2. The molecular formula is C22H24N4OS. The van der Waals surface area contributed by atoms with Gasteiger partial charge in [0.05, 0.1) is 22.8 Å². The number of ketones is 1. The first-order chi connectivity index (χ1) is 13.6. The number of rotatable bonds is 2. The van der Waals surface area contributed by atoms with Gasteiger partial charge in [-0.2, -0.15) is 8.75 Å². The summed E-state index contributed by atoms with van der Waals surface area (Å²) >= 11 is 1.16. The first kappa shape index (κ1) is 18.7. The van der Waals surface area contributed by atoms with Gasteiger partial charge in [-0.3, -0.25) is 4.79 Å². The Kier molecular flexibility index (Phi) is 5.48. The number of nitrogens with one attached hydrogen (secondary N) is 1. The Balaban J connectivity index is 0.000000143. The van der Waals surface area contributed by atoms with E-state index in [-0.39, 0.29) is 5.78 Å². The zero-order valence-electron chi connectivity index (χ0n) is 16.2. The Morgan fingerprint density at radius 2 is 1.89 bits per heavy atom. The summed E-state index contributed by atoms with van der Waals surface area (Å²) in [4.78, 5) is 19.2. The number of imidazole rings is 1. The quantitative estimate of drug-likeness (QED) is 0.441. The molecule has 2 atom stereocenters. The fourth-order valence-electron chi connectivity index (χ4n) is 3.85. The molecule has 4 aromatic rings. The van der Waals surface area contributed by atoms with Crippen LogP contribution in [0.2, 0.25) is 0 Å². The molecule has 5 nitrogen and oxygen atoms in total. The molecule has 0 bridgehead atoms. The first-order valence-electron chi connectivity index (χ1n) is 9.78. The lowest BCUT2D eigenvalue weighted by molar-refractivity contribution is 0.101. The van der Waals surface area contributed by atoms with E-state index < -0.39 is 0 Å². The number of aromatic nitrogens is 4. The van der Waals surface area contributed by atoms with Crippen molar-refractivity contribution in [2.24, 2.45) is 5.92 Å². The van der Waals surface area contributed by atoms with Crippen molar-refractivity contribution in [2.75, 3.05) is 0 Å². The third-order valence-electron chi connectivity index (χ3n) is 5.39. The van der Waals surface area contributed by atoms with Gasteiger partial charge in [0.2, 0.25) is 0 Å². The first-order valence-corrected chi connectivity index (χ1v) is 10.5. The lowest BCUT2D eigenvalue weighted by atomic mass is 9.82. The molecule has 1 saturated carbocycles. The van der Waals surface area contributed by atoms with Crippen molar-refractivity contribution in [1.82, 2.24) is 18.7 Å². The molecule has 144 valence electrons. The number of hydrogen-bond acceptors (Lipinski definition) is 5. The van der Waals surface area contributed by atoms with Gasteiger partial charge >= 0.3 is 0 Å². The second kappa shape index (κ2) is 8.19. The average Bonchev–Trinajstić information content (AvgIpc) is 3.34. The maximum atomic E-state index is 11.0. The molecule has 2 unspecified atom stereocenters. The average molecular weight is 393 g/mol. The zero-order valence-corrected chi connectivity index (χ0v) is 17.0. The Morgan fingerprint density at radius 1 is 1.07 bits per heavy atom. The number of Topliss-reactive ketones (excluding diaryl/α,β-unsaturated/α-hetero) is 1. The van der Waals surface area contributed by atoms with E-state index in [1.807, 2.05) is 6.07 Å². The number of nitrogens with zero attached hydrogens (tertiary/aromatic N) is 3. The summed E-state index contributed by atoms with van der Waals surface area (Å²) in [6.45, 7) is 3.90. The predicted octanol–water partition coefficient (Wildman–Crippen LogP) is 5.75. The second-order valence-electron chi connectivity index (χ2n) is 7.63. The Labute approximate surface area is 168 Å². The predicted molar refractivity (Wildman–Crippen MR) is 114 cm³/mol. The molecule has 1 fully saturated rings. The normalized spacial score (nSPS) is 19.4. The smallest absolute Gasteiger partial charge is 0.159 e. The van der Waals surface area contributed by atoms with Gasteiger partial charge in [0, 0.05) is 11.5 Å². The van der Waals surface area contributed by atoms with Crippen LogP contribution in [0, 0.1) is 5.92 Å². The molecule has 0 aliphatic heterocycles. The molecule has 2 aromatic heterocycles. The molecular weight excluding hydrogens is 368 g/mol. The molecule has 0 spiro atoms. The molecule has 5 rings (SSSR count). The summed E-state index contributed by atoms with van der Waals surface area (Å²) in [5.74, 6) is 2.76. The van der Waals surface area contributed by atoms with Gasteiger partial charge in [-0.15, -0.1) is 0 Å². The van der Waals surface area contributed by atoms with Crippen LogP contribution in [-0.4, -0.2) is 24.5 Å². The van der Waals surface area contributed by atoms with Crippen LogP contribution in [0.25, 0.3) is 22.1 Å². The third-order valence-corrected chi connectivity index (χ3v) is 5.95. The highest BCUT2D eigenvalue weighted by molar-refractivity contribution is 7.00. The highest BCUT2D eigenvalue weighted by Gasteiger charge is 2.22. The summed E-state index contributed by atoms with van der Waals surface area (Å²) in [6.07, 6.45) is 5.32. The maximum absolute atomic E-state index is 11.0. The van der Waals surface area contributed by atoms with Crippen molar-refractivity contribution in [3.63, 3.8) is 0 Å². The van der Waals surface area contributed by atoms with Crippen LogP contribution in [0.15, 0.2) is 42.5 Å². The van der Waals surface area contributed by atoms with Crippen molar-refractivity contribution in [1.29, 1.82) is 0 Å². The molecule has 1 N–H and O–H groups in total. The Morgan fingerprint density at radius 3 is 2.68 bits per heavy atom. The van der Waals surface area contributed by atoms with E-state index in [0.29, 0.717) is 11.5 Å². The van der Waals surface area contributed by atoms with Crippen LogP contribution < -0.4 is 0 Å². The molecule has 1 aliphatic carbocycles. The standard InChI is InChI=1S/C14H18N2.C8H6N2OS/c1-10-5-4-6-11(9-10)14-15-12-7-2-3-8-13(12)16-14;1-5(11)6-2-3-7-8(4-6)10-12-9-7/h2-3,7-8,10-11H,4-6,9H2,1H3,(H,15,16);2-4H,1H3. The van der Waals surface area contributed by atoms with Crippen LogP contribution in [0.1, 0.15) is 61.6 Å². The third kappa shape index (κ3) is 4.12. The van der Waals surface area contributed by atoms with Crippen molar-refractivity contribution in [2.45, 2.75) is 45.4 Å². The van der Waals surface area contributed by atoms with Crippen LogP contribution >= 0.6 is 11.7 Å². The lowest BCUT2D eigenvalue weighted by Crippen LogP contribution is -2.12. The second-order valence-corrected chi connectivity index (χ2v) is 8.16. The van der Waals surface area contributed by atoms with E-state index in [1.165, 1.54) is 37.0 Å². The van der Waals surface area contributed by atoms with E-state index in [0.717, 1.165) is 34.2 Å². The summed E-state index contributed by atoms with van der Waals surface area (Å²) < 4.78 is 8.08. The minimum atomic E-state index is 0.0601. The van der Waals surface area contributed by atoms with Gasteiger partial charge in [-0.05, 0) is 56.0 Å². The number of carbonyl (C=O) groups excluding carboxylic acids is 1. The lowest BCUT2D eigenvalue weighted by Gasteiger charge is -2.24. The van der Waals surface area contributed by atoms with E-state index in [2.05, 4.69) is 44.9 Å². The minimum absolute atomic E-state index is 0.0601. The molecule has 6 heteroatoms. The van der Waals surface area contributed by atoms with Crippen molar-refractivity contribution < 1.29 is 4.79 Å². The highest BCUT2D eigenvalue weighted by Crippen LogP contribution is 2.35. The van der Waals surface area contributed by atoms with Gasteiger partial charge in [0.15, 0.2) is 5.78 Å². The number of benzene rings is 2. The fraction of sp³-hybridized carbons (Fsp3) is 0.364. The van der Waals surface area contributed by atoms with Crippen LogP contribution in [0.3, 0.4) is 0 Å². The van der Waals surface area contributed by atoms with Crippen LogP contribution in [-0.2, 0) is 0 Å². The number of hydrogen-bond donors (Lipinski definition) is 1. The monoisotopic (exact) mass is 392 g/mol. The molecule has 0 amide bonds. The van der Waals surface area contributed by atoms with Crippen molar-refractivity contribution >= 4 is 39.6 Å². The number of carbonyl (C=O) groups is 1. The van der Waals surface area contributed by atoms with E-state index in [1.54, 1.807) is 19.1 Å². The largest absolute Gasteiger partial charge is 0.342 e. The highest BCUT2D eigenvalue weighted by atomic mass is 32.1. The maximum Gasteiger partial charge on any atom is 0.159 e. The zero-order chi connectivity index (χ0) is 19.5.